The van der Waals surface area contributed by atoms with E-state index >= 15 is 0 Å². The predicted octanol–water partition coefficient (Wildman–Crippen LogP) is 3.11. The van der Waals surface area contributed by atoms with Crippen LogP contribution in [-0.4, -0.2) is 32.8 Å². The number of pyridine rings is 1. The van der Waals surface area contributed by atoms with Crippen LogP contribution >= 0.6 is 11.6 Å². The minimum absolute atomic E-state index is 0.0624. The van der Waals surface area contributed by atoms with Gasteiger partial charge < -0.3 is 15.0 Å². The molecular formula is C19H18ClFN4O2. The van der Waals surface area contributed by atoms with Crippen molar-refractivity contribution in [2.45, 2.75) is 13.0 Å². The molecule has 27 heavy (non-hydrogen) atoms. The molecule has 1 aromatic carbocycles. The van der Waals surface area contributed by atoms with Crippen molar-refractivity contribution in [3.05, 3.63) is 75.5 Å². The van der Waals surface area contributed by atoms with Crippen LogP contribution < -0.4 is 10.9 Å². The van der Waals surface area contributed by atoms with Crippen molar-refractivity contribution >= 4 is 17.5 Å². The first kappa shape index (κ1) is 19.0. The molecule has 0 bridgehead atoms. The van der Waals surface area contributed by atoms with E-state index < -0.39 is 11.9 Å². The van der Waals surface area contributed by atoms with E-state index in [0.717, 1.165) is 0 Å². The molecular weight excluding hydrogens is 371 g/mol. The van der Waals surface area contributed by atoms with Gasteiger partial charge >= 0.3 is 0 Å². The van der Waals surface area contributed by atoms with Gasteiger partial charge in [-0.3, -0.25) is 4.79 Å². The van der Waals surface area contributed by atoms with Crippen LogP contribution in [0.15, 0.2) is 53.6 Å². The quantitative estimate of drug-likeness (QED) is 0.678. The maximum absolute atomic E-state index is 13.4. The number of benzene rings is 1. The molecule has 0 aliphatic carbocycles. The van der Waals surface area contributed by atoms with Crippen molar-refractivity contribution in [2.24, 2.45) is 0 Å². The standard InChI is InChI=1S/C19H18ClFN4O2/c1-2-22-19-23-7-5-16(24-19)12-6-8-25(18(27)10-12)17(11-26)13-3-4-15(21)14(20)9-13/h3-10,17,26H,2,11H2,1H3,(H,22,23,24). The summed E-state index contributed by atoms with van der Waals surface area (Å²) in [6.07, 6.45) is 3.19. The lowest BCUT2D eigenvalue weighted by molar-refractivity contribution is 0.247. The predicted molar refractivity (Wildman–Crippen MR) is 103 cm³/mol. The first-order valence-electron chi connectivity index (χ1n) is 8.38. The summed E-state index contributed by atoms with van der Waals surface area (Å²) < 4.78 is 14.8. The molecule has 0 saturated heterocycles. The van der Waals surface area contributed by atoms with Crippen LogP contribution in [0.25, 0.3) is 11.3 Å². The molecule has 2 heterocycles. The van der Waals surface area contributed by atoms with Gasteiger partial charge in [-0.15, -0.1) is 0 Å². The van der Waals surface area contributed by atoms with Gasteiger partial charge in [-0.25, -0.2) is 14.4 Å². The summed E-state index contributed by atoms with van der Waals surface area (Å²) in [6.45, 7) is 2.29. The lowest BCUT2D eigenvalue weighted by atomic mass is 10.1. The van der Waals surface area contributed by atoms with Crippen molar-refractivity contribution in [2.75, 3.05) is 18.5 Å². The SMILES string of the molecule is CCNc1nccc(-c2ccn(C(CO)c3ccc(F)c(Cl)c3)c(=O)c2)n1. The second-order valence-corrected chi connectivity index (χ2v) is 6.24. The number of rotatable bonds is 6. The maximum Gasteiger partial charge on any atom is 0.251 e. The van der Waals surface area contributed by atoms with E-state index in [4.69, 9.17) is 11.6 Å². The summed E-state index contributed by atoms with van der Waals surface area (Å²) in [6, 6.07) is 8.32. The van der Waals surface area contributed by atoms with Crippen LogP contribution in [0.1, 0.15) is 18.5 Å². The number of nitrogens with one attached hydrogen (secondary N) is 1. The summed E-state index contributed by atoms with van der Waals surface area (Å²) >= 11 is 5.82. The van der Waals surface area contributed by atoms with Crippen molar-refractivity contribution < 1.29 is 9.50 Å². The molecule has 0 spiro atoms. The normalized spacial score (nSPS) is 12.0. The topological polar surface area (TPSA) is 80.0 Å². The molecule has 1 unspecified atom stereocenters. The Kier molecular flexibility index (Phi) is 5.83. The summed E-state index contributed by atoms with van der Waals surface area (Å²) in [4.78, 5) is 21.1. The molecule has 140 valence electrons. The van der Waals surface area contributed by atoms with Gasteiger partial charge in [0.05, 0.1) is 23.4 Å². The number of aliphatic hydroxyl groups excluding tert-OH is 1. The Labute approximate surface area is 160 Å². The summed E-state index contributed by atoms with van der Waals surface area (Å²) in [5, 5.41) is 12.7. The molecule has 0 radical (unpaired) electrons. The zero-order chi connectivity index (χ0) is 19.4. The van der Waals surface area contributed by atoms with Gasteiger partial charge in [0.25, 0.3) is 5.56 Å². The molecule has 0 aliphatic rings. The molecule has 0 fully saturated rings. The lowest BCUT2D eigenvalue weighted by Gasteiger charge is -2.18. The van der Waals surface area contributed by atoms with E-state index in [-0.39, 0.29) is 17.2 Å². The van der Waals surface area contributed by atoms with Crippen molar-refractivity contribution in [3.8, 4) is 11.3 Å². The molecule has 0 amide bonds. The molecule has 3 aromatic rings. The molecule has 0 saturated carbocycles. The van der Waals surface area contributed by atoms with Crippen LogP contribution in [0.5, 0.6) is 0 Å². The highest BCUT2D eigenvalue weighted by atomic mass is 35.5. The van der Waals surface area contributed by atoms with E-state index in [9.17, 15) is 14.3 Å². The minimum atomic E-state index is -0.674. The molecule has 3 rings (SSSR count). The number of aliphatic hydroxyl groups is 1. The maximum atomic E-state index is 13.4. The third-order valence-corrected chi connectivity index (χ3v) is 4.36. The second kappa shape index (κ2) is 8.28. The Balaban J connectivity index is 1.97. The van der Waals surface area contributed by atoms with Crippen LogP contribution in [0.4, 0.5) is 10.3 Å². The van der Waals surface area contributed by atoms with Gasteiger partial charge in [0, 0.05) is 30.6 Å². The van der Waals surface area contributed by atoms with Gasteiger partial charge in [-0.1, -0.05) is 17.7 Å². The van der Waals surface area contributed by atoms with Gasteiger partial charge in [-0.2, -0.15) is 0 Å². The number of hydrogen-bond donors (Lipinski definition) is 2. The highest BCUT2D eigenvalue weighted by Crippen LogP contribution is 2.23. The summed E-state index contributed by atoms with van der Waals surface area (Å²) in [5.74, 6) is -0.0755. The average molecular weight is 389 g/mol. The zero-order valence-electron chi connectivity index (χ0n) is 14.6. The second-order valence-electron chi connectivity index (χ2n) is 5.83. The molecule has 0 aliphatic heterocycles. The lowest BCUT2D eigenvalue weighted by Crippen LogP contribution is -2.26. The smallest absolute Gasteiger partial charge is 0.251 e. The first-order valence-corrected chi connectivity index (χ1v) is 8.76. The van der Waals surface area contributed by atoms with Crippen LogP contribution in [0.2, 0.25) is 5.02 Å². The zero-order valence-corrected chi connectivity index (χ0v) is 15.3. The Morgan fingerprint density at radius 3 is 2.78 bits per heavy atom. The van der Waals surface area contributed by atoms with E-state index in [1.165, 1.54) is 28.8 Å². The molecule has 1 atom stereocenters. The summed E-state index contributed by atoms with van der Waals surface area (Å²) in [7, 11) is 0. The van der Waals surface area contributed by atoms with Gasteiger partial charge in [0.2, 0.25) is 5.95 Å². The van der Waals surface area contributed by atoms with Crippen molar-refractivity contribution in [1.29, 1.82) is 0 Å². The fourth-order valence-corrected chi connectivity index (χ4v) is 2.93. The highest BCUT2D eigenvalue weighted by Gasteiger charge is 2.16. The summed E-state index contributed by atoms with van der Waals surface area (Å²) in [5.41, 5.74) is 1.45. The average Bonchev–Trinajstić information content (AvgIpc) is 2.67. The Bertz CT molecular complexity index is 1010. The van der Waals surface area contributed by atoms with E-state index in [1.54, 1.807) is 24.5 Å². The van der Waals surface area contributed by atoms with Crippen molar-refractivity contribution in [1.82, 2.24) is 14.5 Å². The fourth-order valence-electron chi connectivity index (χ4n) is 2.74. The Hall–Kier alpha value is -2.77. The number of aromatic nitrogens is 3. The third kappa shape index (κ3) is 4.15. The van der Waals surface area contributed by atoms with E-state index in [2.05, 4.69) is 15.3 Å². The highest BCUT2D eigenvalue weighted by molar-refractivity contribution is 6.30. The van der Waals surface area contributed by atoms with Gasteiger partial charge in [0.15, 0.2) is 0 Å². The Morgan fingerprint density at radius 2 is 2.11 bits per heavy atom. The van der Waals surface area contributed by atoms with Crippen LogP contribution in [0, 0.1) is 5.82 Å². The fraction of sp³-hybridized carbons (Fsp3) is 0.211. The number of hydrogen-bond acceptors (Lipinski definition) is 5. The molecule has 6 nitrogen and oxygen atoms in total. The van der Waals surface area contributed by atoms with Gasteiger partial charge in [0.1, 0.15) is 5.82 Å². The van der Waals surface area contributed by atoms with Crippen LogP contribution in [0.3, 0.4) is 0 Å². The Morgan fingerprint density at radius 1 is 1.30 bits per heavy atom. The largest absolute Gasteiger partial charge is 0.394 e. The van der Waals surface area contributed by atoms with Crippen LogP contribution in [-0.2, 0) is 0 Å². The number of anilines is 1. The van der Waals surface area contributed by atoms with E-state index in [1.807, 2.05) is 6.92 Å². The molecule has 8 heteroatoms. The van der Waals surface area contributed by atoms with Crippen molar-refractivity contribution in [3.63, 3.8) is 0 Å². The number of halogens is 2. The first-order chi connectivity index (χ1) is 13.0. The van der Waals surface area contributed by atoms with E-state index in [0.29, 0.717) is 29.3 Å². The van der Waals surface area contributed by atoms with Gasteiger partial charge in [-0.05, 0) is 36.8 Å². The minimum Gasteiger partial charge on any atom is -0.394 e. The third-order valence-electron chi connectivity index (χ3n) is 4.07. The molecule has 2 N–H and O–H groups in total. The molecule has 2 aromatic heterocycles. The number of nitrogens with zero attached hydrogens (tertiary/aromatic N) is 3. The monoisotopic (exact) mass is 388 g/mol.